The van der Waals surface area contributed by atoms with Gasteiger partial charge in [-0.05, 0) is 47.5 Å². The summed E-state index contributed by atoms with van der Waals surface area (Å²) in [5, 5.41) is 24.0. The second-order valence-electron chi connectivity index (χ2n) is 11.2. The number of benzene rings is 4. The molecule has 4 N–H and O–H groups in total. The van der Waals surface area contributed by atoms with Crippen molar-refractivity contribution in [1.82, 2.24) is 10.2 Å². The number of anilines is 1. The molecule has 1 amide bonds. The number of rotatable bonds is 16. The predicted octanol–water partition coefficient (Wildman–Crippen LogP) is 5.13. The van der Waals surface area contributed by atoms with E-state index >= 15 is 0 Å². The topological polar surface area (TPSA) is 270 Å². The highest BCUT2D eigenvalue weighted by Crippen LogP contribution is 2.48. The lowest BCUT2D eigenvalue weighted by molar-refractivity contribution is -0.121. The number of phenolic OH excluding ortho intramolecular Hbond substituents is 1. The number of aromatic nitrogens is 2. The molecule has 4 aromatic carbocycles. The van der Waals surface area contributed by atoms with E-state index in [2.05, 4.69) is 25.5 Å². The van der Waals surface area contributed by atoms with Gasteiger partial charge in [-0.2, -0.15) is 21.9 Å². The molecular weight excluding hydrogens is 749 g/mol. The van der Waals surface area contributed by atoms with Gasteiger partial charge >= 0.3 is 0 Å². The zero-order chi connectivity index (χ0) is 39.0. The van der Waals surface area contributed by atoms with Gasteiger partial charge < -0.3 is 29.4 Å². The van der Waals surface area contributed by atoms with Crippen molar-refractivity contribution in [2.75, 3.05) is 52.5 Å². The first-order valence-corrected chi connectivity index (χ1v) is 18.6. The van der Waals surface area contributed by atoms with E-state index in [0.29, 0.717) is 16.9 Å². The van der Waals surface area contributed by atoms with Crippen molar-refractivity contribution < 1.29 is 54.8 Å². The van der Waals surface area contributed by atoms with Crippen molar-refractivity contribution in [2.24, 2.45) is 5.11 Å². The Morgan fingerprint density at radius 1 is 0.870 bits per heavy atom. The van der Waals surface area contributed by atoms with E-state index in [0.717, 1.165) is 12.1 Å². The van der Waals surface area contributed by atoms with Gasteiger partial charge in [-0.15, -0.1) is 5.10 Å². The second-order valence-corrected chi connectivity index (χ2v) is 13.9. The summed E-state index contributed by atoms with van der Waals surface area (Å²) in [4.78, 5) is 14.0. The molecule has 0 radical (unpaired) electrons. The normalized spacial score (nSPS) is 11.6. The fraction of sp³-hybridized carbons (Fsp3) is 0.206. The molecule has 1 aromatic heterocycles. The van der Waals surface area contributed by atoms with E-state index in [1.807, 2.05) is 0 Å². The lowest BCUT2D eigenvalue weighted by Gasteiger charge is -2.21. The molecule has 0 unspecified atom stereocenters. The number of azide groups is 1. The van der Waals surface area contributed by atoms with Gasteiger partial charge in [-0.25, -0.2) is 0 Å². The van der Waals surface area contributed by atoms with Crippen LogP contribution >= 0.6 is 0 Å². The van der Waals surface area contributed by atoms with E-state index in [9.17, 15) is 35.8 Å². The Balaban J connectivity index is 1.70. The van der Waals surface area contributed by atoms with E-state index in [1.165, 1.54) is 38.6 Å². The van der Waals surface area contributed by atoms with Crippen LogP contribution in [0, 0.1) is 0 Å². The number of amides is 1. The number of ether oxygens (including phenoxy) is 4. The molecule has 0 spiro atoms. The number of nitrogens with one attached hydrogen (secondary N) is 1. The average molecular weight is 781 g/mol. The predicted molar refractivity (Wildman–Crippen MR) is 195 cm³/mol. The van der Waals surface area contributed by atoms with E-state index in [1.54, 1.807) is 36.4 Å². The molecule has 20 heteroatoms. The summed E-state index contributed by atoms with van der Waals surface area (Å²) in [6, 6.07) is 15.9. The summed E-state index contributed by atoms with van der Waals surface area (Å²) in [6.45, 7) is 0.0227. The zero-order valence-corrected chi connectivity index (χ0v) is 30.2. The Morgan fingerprint density at radius 2 is 1.61 bits per heavy atom. The van der Waals surface area contributed by atoms with Crippen LogP contribution in [0.1, 0.15) is 0 Å². The van der Waals surface area contributed by atoms with Crippen molar-refractivity contribution in [3.05, 3.63) is 83.4 Å². The molecule has 1 heterocycles. The lowest BCUT2D eigenvalue weighted by atomic mass is 9.93. The van der Waals surface area contributed by atoms with Gasteiger partial charge in [-0.3, -0.25) is 13.9 Å². The fourth-order valence-electron chi connectivity index (χ4n) is 5.65. The molecule has 0 aliphatic carbocycles. The van der Waals surface area contributed by atoms with Crippen molar-refractivity contribution in [1.29, 1.82) is 0 Å². The first-order chi connectivity index (χ1) is 25.8. The third-order valence-electron chi connectivity index (χ3n) is 7.87. The highest BCUT2D eigenvalue weighted by atomic mass is 32.2. The van der Waals surface area contributed by atoms with Crippen LogP contribution in [0.3, 0.4) is 0 Å². The molecule has 0 fully saturated rings. The maximum Gasteiger partial charge on any atom is 0.295 e. The second kappa shape index (κ2) is 16.9. The Kier molecular flexibility index (Phi) is 12.3. The Hall–Kier alpha value is -5.86. The number of carbonyl (C=O) groups is 1. The van der Waals surface area contributed by atoms with Crippen LogP contribution in [-0.4, -0.2) is 94.3 Å². The Labute approximate surface area is 308 Å². The van der Waals surface area contributed by atoms with Crippen LogP contribution < -0.4 is 14.8 Å². The van der Waals surface area contributed by atoms with Gasteiger partial charge in [0.15, 0.2) is 5.75 Å². The summed E-state index contributed by atoms with van der Waals surface area (Å²) in [5.74, 6) is -0.659. The molecule has 0 saturated heterocycles. The van der Waals surface area contributed by atoms with Crippen molar-refractivity contribution in [3.63, 3.8) is 0 Å². The third-order valence-corrected chi connectivity index (χ3v) is 9.69. The summed E-state index contributed by atoms with van der Waals surface area (Å²) < 4.78 is 94.7. The molecule has 0 bridgehead atoms. The SMILES string of the molecule is COc1cccc(-c2ccc(-c3ccnnc3-c3c(S(=O)(=O)O)cc4c(O)cccc4c3S(=O)(=O)O)c(OC)c2NC(=O)COCCOCCN=[N+]=[N-])c1. The maximum absolute atomic E-state index is 13.3. The zero-order valence-electron chi connectivity index (χ0n) is 28.5. The van der Waals surface area contributed by atoms with Gasteiger partial charge in [0, 0.05) is 44.5 Å². The lowest BCUT2D eigenvalue weighted by Crippen LogP contribution is -2.21. The monoisotopic (exact) mass is 780 g/mol. The van der Waals surface area contributed by atoms with Crippen LogP contribution in [0.5, 0.6) is 17.2 Å². The fourth-order valence-corrected chi connectivity index (χ4v) is 7.36. The van der Waals surface area contributed by atoms with Gasteiger partial charge in [0.25, 0.3) is 20.2 Å². The van der Waals surface area contributed by atoms with Crippen molar-refractivity contribution in [3.8, 4) is 50.8 Å². The number of hydrogen-bond acceptors (Lipinski definition) is 13. The van der Waals surface area contributed by atoms with E-state index < -0.39 is 59.5 Å². The van der Waals surface area contributed by atoms with Gasteiger partial charge in [0.05, 0.1) is 45.9 Å². The smallest absolute Gasteiger partial charge is 0.295 e. The first-order valence-electron chi connectivity index (χ1n) is 15.7. The number of fused-ring (bicyclic) bond motifs is 1. The largest absolute Gasteiger partial charge is 0.507 e. The van der Waals surface area contributed by atoms with Crippen LogP contribution in [-0.2, 0) is 34.5 Å². The van der Waals surface area contributed by atoms with Gasteiger partial charge in [0.2, 0.25) is 5.91 Å². The maximum atomic E-state index is 13.3. The van der Waals surface area contributed by atoms with Crippen molar-refractivity contribution >= 4 is 42.6 Å². The van der Waals surface area contributed by atoms with Crippen LogP contribution in [0.15, 0.2) is 87.8 Å². The summed E-state index contributed by atoms with van der Waals surface area (Å²) in [7, 11) is -7.80. The molecule has 0 saturated carbocycles. The van der Waals surface area contributed by atoms with Crippen molar-refractivity contribution in [2.45, 2.75) is 9.79 Å². The molecule has 0 aliphatic heterocycles. The quantitative estimate of drug-likeness (QED) is 0.0332. The van der Waals surface area contributed by atoms with Crippen LogP contribution in [0.25, 0.3) is 54.7 Å². The highest BCUT2D eigenvalue weighted by Gasteiger charge is 2.33. The number of aromatic hydroxyl groups is 1. The van der Waals surface area contributed by atoms with E-state index in [4.69, 9.17) is 24.5 Å². The minimum Gasteiger partial charge on any atom is -0.507 e. The van der Waals surface area contributed by atoms with E-state index in [-0.39, 0.29) is 59.7 Å². The number of hydrogen-bond donors (Lipinski definition) is 4. The standard InChI is InChI=1S/C34H32N6O12S2/c1-49-21-6-3-5-20(17-21)22-9-10-24(33(50-2)32(22)38-29(42)19-52-16-15-51-14-13-37-40-35)23-11-12-36-39-31(23)30-28(53(43,44)45)18-26-25(7-4-8-27(26)41)34(30)54(46,47)48/h3-12,17-18,41H,13-16,19H2,1-2H3,(H,38,42)(H,43,44,45)(H,46,47,48). The number of methoxy groups -OCH3 is 2. The molecule has 5 rings (SSSR count). The Bertz CT molecular complexity index is 2490. The number of nitrogens with zero attached hydrogens (tertiary/aromatic N) is 5. The summed E-state index contributed by atoms with van der Waals surface area (Å²) >= 11 is 0. The number of phenols is 1. The third kappa shape index (κ3) is 8.67. The molecule has 0 atom stereocenters. The summed E-state index contributed by atoms with van der Waals surface area (Å²) in [5.41, 5.74) is 8.43. The highest BCUT2D eigenvalue weighted by molar-refractivity contribution is 7.87. The molecule has 5 aromatic rings. The minimum atomic E-state index is -5.31. The minimum absolute atomic E-state index is 0.000421. The molecule has 18 nitrogen and oxygen atoms in total. The molecule has 0 aliphatic rings. The Morgan fingerprint density at radius 3 is 2.31 bits per heavy atom. The first kappa shape index (κ1) is 39.3. The van der Waals surface area contributed by atoms with Crippen LogP contribution in [0.2, 0.25) is 0 Å². The van der Waals surface area contributed by atoms with Gasteiger partial charge in [-0.1, -0.05) is 35.4 Å². The van der Waals surface area contributed by atoms with Gasteiger partial charge in [0.1, 0.15) is 33.6 Å². The summed E-state index contributed by atoms with van der Waals surface area (Å²) in [6.07, 6.45) is 1.22. The number of carbonyl (C=O) groups excluding carboxylic acids is 1. The molecular formula is C34H32N6O12S2. The van der Waals surface area contributed by atoms with Crippen LogP contribution in [0.4, 0.5) is 5.69 Å². The molecule has 54 heavy (non-hydrogen) atoms. The molecule has 282 valence electrons. The average Bonchev–Trinajstić information content (AvgIpc) is 3.14.